The first kappa shape index (κ1) is 9.93. The van der Waals surface area contributed by atoms with Crippen LogP contribution in [0.5, 0.6) is 0 Å². The number of imidazole rings is 1. The molecule has 0 aliphatic rings. The maximum atomic E-state index is 9.89. The van der Waals surface area contributed by atoms with E-state index in [4.69, 9.17) is 0 Å². The molecule has 3 heteroatoms. The largest absolute Gasteiger partial charge is 0.388 e. The monoisotopic (exact) mass is 202 g/mol. The van der Waals surface area contributed by atoms with Gasteiger partial charge < -0.3 is 9.67 Å². The predicted molar refractivity (Wildman–Crippen MR) is 58.2 cm³/mol. The molecule has 0 amide bonds. The van der Waals surface area contributed by atoms with Crippen LogP contribution in [0.15, 0.2) is 49.1 Å². The van der Waals surface area contributed by atoms with Gasteiger partial charge in [0, 0.05) is 18.9 Å². The van der Waals surface area contributed by atoms with Crippen molar-refractivity contribution in [1.29, 1.82) is 0 Å². The molecule has 78 valence electrons. The van der Waals surface area contributed by atoms with Crippen LogP contribution in [0.2, 0.25) is 0 Å². The van der Waals surface area contributed by atoms with Crippen molar-refractivity contribution in [3.8, 4) is 0 Å². The Morgan fingerprint density at radius 3 is 2.73 bits per heavy atom. The topological polar surface area (TPSA) is 38.0 Å². The van der Waals surface area contributed by atoms with E-state index in [2.05, 4.69) is 4.98 Å². The van der Waals surface area contributed by atoms with E-state index >= 15 is 0 Å². The zero-order valence-electron chi connectivity index (χ0n) is 8.45. The quantitative estimate of drug-likeness (QED) is 0.823. The van der Waals surface area contributed by atoms with Crippen LogP contribution in [0.1, 0.15) is 18.1 Å². The number of aryl methyl sites for hydroxylation is 1. The molecule has 1 heterocycles. The number of benzene rings is 1. The summed E-state index contributed by atoms with van der Waals surface area (Å²) in [4.78, 5) is 3.95. The van der Waals surface area contributed by atoms with Gasteiger partial charge in [-0.25, -0.2) is 4.98 Å². The Morgan fingerprint density at radius 1 is 1.27 bits per heavy atom. The van der Waals surface area contributed by atoms with E-state index in [1.165, 1.54) is 0 Å². The molecule has 1 aromatic heterocycles. The molecule has 2 aromatic rings. The van der Waals surface area contributed by atoms with Crippen LogP contribution in [0.25, 0.3) is 0 Å². The molecule has 0 saturated carbocycles. The molecular weight excluding hydrogens is 188 g/mol. The molecule has 2 rings (SSSR count). The molecule has 0 fully saturated rings. The van der Waals surface area contributed by atoms with E-state index in [0.29, 0.717) is 6.42 Å². The minimum Gasteiger partial charge on any atom is -0.388 e. The van der Waals surface area contributed by atoms with E-state index in [0.717, 1.165) is 12.1 Å². The summed E-state index contributed by atoms with van der Waals surface area (Å²) in [6, 6.07) is 9.72. The Balaban J connectivity index is 1.90. The second kappa shape index (κ2) is 4.75. The molecule has 15 heavy (non-hydrogen) atoms. The molecule has 0 aliphatic heterocycles. The number of aliphatic hydroxyl groups excluding tert-OH is 1. The fraction of sp³-hybridized carbons (Fsp3) is 0.250. The molecule has 0 spiro atoms. The van der Waals surface area contributed by atoms with E-state index in [-0.39, 0.29) is 0 Å². The number of hydrogen-bond donors (Lipinski definition) is 1. The van der Waals surface area contributed by atoms with Gasteiger partial charge in [-0.05, 0) is 12.0 Å². The van der Waals surface area contributed by atoms with Gasteiger partial charge in [0.05, 0.1) is 12.4 Å². The Morgan fingerprint density at radius 2 is 2.07 bits per heavy atom. The number of aromatic nitrogens is 2. The van der Waals surface area contributed by atoms with Crippen LogP contribution < -0.4 is 0 Å². The molecule has 0 aliphatic carbocycles. The molecule has 0 unspecified atom stereocenters. The van der Waals surface area contributed by atoms with E-state index in [1.54, 1.807) is 12.5 Å². The lowest BCUT2D eigenvalue weighted by Gasteiger charge is -2.10. The first-order chi connectivity index (χ1) is 7.36. The summed E-state index contributed by atoms with van der Waals surface area (Å²) in [5.41, 5.74) is 0.970. The Bertz CT molecular complexity index is 383. The van der Waals surface area contributed by atoms with E-state index in [1.807, 2.05) is 41.1 Å². The van der Waals surface area contributed by atoms with Crippen LogP contribution in [0.3, 0.4) is 0 Å². The fourth-order valence-electron chi connectivity index (χ4n) is 1.53. The normalized spacial score (nSPS) is 12.6. The van der Waals surface area contributed by atoms with Crippen molar-refractivity contribution in [3.63, 3.8) is 0 Å². The van der Waals surface area contributed by atoms with Gasteiger partial charge in [0.2, 0.25) is 0 Å². The van der Waals surface area contributed by atoms with Crippen molar-refractivity contribution in [2.45, 2.75) is 19.1 Å². The van der Waals surface area contributed by atoms with Gasteiger partial charge in [0.25, 0.3) is 0 Å². The Hall–Kier alpha value is -1.61. The van der Waals surface area contributed by atoms with Crippen molar-refractivity contribution >= 4 is 0 Å². The minimum absolute atomic E-state index is 0.395. The van der Waals surface area contributed by atoms with Crippen LogP contribution in [-0.2, 0) is 6.54 Å². The molecule has 1 N–H and O–H groups in total. The maximum Gasteiger partial charge on any atom is 0.0945 e. The van der Waals surface area contributed by atoms with Gasteiger partial charge >= 0.3 is 0 Å². The molecule has 1 aromatic carbocycles. The molecule has 0 saturated heterocycles. The summed E-state index contributed by atoms with van der Waals surface area (Å²) < 4.78 is 1.96. The highest BCUT2D eigenvalue weighted by Gasteiger charge is 2.05. The number of hydrogen-bond acceptors (Lipinski definition) is 2. The SMILES string of the molecule is O[C@@H](CCn1ccnc1)c1ccccc1. The fourth-order valence-corrected chi connectivity index (χ4v) is 1.53. The highest BCUT2D eigenvalue weighted by molar-refractivity contribution is 5.16. The first-order valence-electron chi connectivity index (χ1n) is 5.05. The summed E-state index contributed by atoms with van der Waals surface area (Å²) in [6.07, 6.45) is 5.72. The van der Waals surface area contributed by atoms with Gasteiger partial charge in [0.15, 0.2) is 0 Å². The second-order valence-electron chi connectivity index (χ2n) is 3.52. The Labute approximate surface area is 89.0 Å². The van der Waals surface area contributed by atoms with Gasteiger partial charge in [-0.15, -0.1) is 0 Å². The van der Waals surface area contributed by atoms with Crippen LogP contribution in [0.4, 0.5) is 0 Å². The third-order valence-electron chi connectivity index (χ3n) is 2.40. The second-order valence-corrected chi connectivity index (χ2v) is 3.52. The Kier molecular flexibility index (Phi) is 3.15. The van der Waals surface area contributed by atoms with Gasteiger partial charge in [-0.2, -0.15) is 0 Å². The van der Waals surface area contributed by atoms with E-state index in [9.17, 15) is 5.11 Å². The third-order valence-corrected chi connectivity index (χ3v) is 2.40. The summed E-state index contributed by atoms with van der Waals surface area (Å²) in [7, 11) is 0. The molecule has 0 radical (unpaired) electrons. The van der Waals surface area contributed by atoms with Gasteiger partial charge in [0.1, 0.15) is 0 Å². The average molecular weight is 202 g/mol. The van der Waals surface area contributed by atoms with Crippen molar-refractivity contribution in [2.24, 2.45) is 0 Å². The highest BCUT2D eigenvalue weighted by Crippen LogP contribution is 2.16. The first-order valence-corrected chi connectivity index (χ1v) is 5.05. The average Bonchev–Trinajstić information content (AvgIpc) is 2.80. The van der Waals surface area contributed by atoms with E-state index < -0.39 is 6.10 Å². The highest BCUT2D eigenvalue weighted by atomic mass is 16.3. The molecule has 1 atom stereocenters. The summed E-state index contributed by atoms with van der Waals surface area (Å²) >= 11 is 0. The third kappa shape index (κ3) is 2.67. The van der Waals surface area contributed by atoms with Crippen molar-refractivity contribution in [1.82, 2.24) is 9.55 Å². The van der Waals surface area contributed by atoms with Crippen molar-refractivity contribution in [3.05, 3.63) is 54.6 Å². The lowest BCUT2D eigenvalue weighted by Crippen LogP contribution is -2.03. The van der Waals surface area contributed by atoms with Gasteiger partial charge in [-0.3, -0.25) is 0 Å². The van der Waals surface area contributed by atoms with Crippen LogP contribution in [-0.4, -0.2) is 14.7 Å². The zero-order valence-corrected chi connectivity index (χ0v) is 8.45. The van der Waals surface area contributed by atoms with Crippen molar-refractivity contribution in [2.75, 3.05) is 0 Å². The summed E-state index contributed by atoms with van der Waals surface area (Å²) in [5.74, 6) is 0. The van der Waals surface area contributed by atoms with Crippen LogP contribution in [0, 0.1) is 0 Å². The lowest BCUT2D eigenvalue weighted by atomic mass is 10.1. The molecular formula is C12H14N2O. The molecule has 0 bridgehead atoms. The van der Waals surface area contributed by atoms with Gasteiger partial charge in [-0.1, -0.05) is 30.3 Å². The summed E-state index contributed by atoms with van der Waals surface area (Å²) in [6.45, 7) is 0.788. The van der Waals surface area contributed by atoms with Crippen molar-refractivity contribution < 1.29 is 5.11 Å². The molecule has 3 nitrogen and oxygen atoms in total. The lowest BCUT2D eigenvalue weighted by molar-refractivity contribution is 0.161. The predicted octanol–water partition coefficient (Wildman–Crippen LogP) is 2.01. The smallest absolute Gasteiger partial charge is 0.0945 e. The zero-order chi connectivity index (χ0) is 10.5. The standard InChI is InChI=1S/C12H14N2O/c15-12(11-4-2-1-3-5-11)6-8-14-9-7-13-10-14/h1-5,7,9-10,12,15H,6,8H2/t12-/m0/s1. The number of aliphatic hydroxyl groups is 1. The maximum absolute atomic E-state index is 9.89. The number of nitrogens with zero attached hydrogens (tertiary/aromatic N) is 2. The van der Waals surface area contributed by atoms with Crippen LogP contribution >= 0.6 is 0 Å². The minimum atomic E-state index is -0.395. The number of rotatable bonds is 4. The summed E-state index contributed by atoms with van der Waals surface area (Å²) in [5, 5.41) is 9.89.